The Labute approximate surface area is 116 Å². The maximum Gasteiger partial charge on any atom is 0.119 e. The predicted molar refractivity (Wildman–Crippen MR) is 78.6 cm³/mol. The molecule has 3 rings (SSSR count). The van der Waals surface area contributed by atoms with Crippen molar-refractivity contribution in [2.45, 2.75) is 45.6 Å². The monoisotopic (exact) mass is 259 g/mol. The first-order chi connectivity index (χ1) is 9.10. The molecule has 1 aromatic rings. The first-order valence-corrected chi connectivity index (χ1v) is 7.50. The zero-order valence-electron chi connectivity index (χ0n) is 12.3. The van der Waals surface area contributed by atoms with E-state index in [4.69, 9.17) is 4.74 Å². The molecule has 0 amide bonds. The largest absolute Gasteiger partial charge is 0.497 e. The maximum atomic E-state index is 5.37. The van der Waals surface area contributed by atoms with E-state index in [0.717, 1.165) is 18.2 Å². The van der Waals surface area contributed by atoms with Crippen LogP contribution in [0, 0.1) is 11.3 Å². The Balaban J connectivity index is 1.70. The van der Waals surface area contributed by atoms with Gasteiger partial charge in [0.25, 0.3) is 0 Å². The molecule has 0 heterocycles. The highest BCUT2D eigenvalue weighted by molar-refractivity contribution is 5.39. The lowest BCUT2D eigenvalue weighted by Gasteiger charge is -2.27. The summed E-state index contributed by atoms with van der Waals surface area (Å²) in [5, 5.41) is 3.79. The molecule has 0 spiro atoms. The van der Waals surface area contributed by atoms with Crippen molar-refractivity contribution in [3.63, 3.8) is 0 Å². The molecule has 2 heteroatoms. The first kappa shape index (κ1) is 13.0. The Morgan fingerprint density at radius 3 is 2.84 bits per heavy atom. The zero-order chi connectivity index (χ0) is 13.5. The zero-order valence-corrected chi connectivity index (χ0v) is 12.3. The fourth-order valence-corrected chi connectivity index (χ4v) is 3.33. The summed E-state index contributed by atoms with van der Waals surface area (Å²) in [7, 11) is 1.75. The van der Waals surface area contributed by atoms with Gasteiger partial charge in [-0.3, -0.25) is 0 Å². The van der Waals surface area contributed by atoms with E-state index >= 15 is 0 Å². The van der Waals surface area contributed by atoms with Gasteiger partial charge in [-0.1, -0.05) is 19.9 Å². The molecule has 0 saturated heterocycles. The van der Waals surface area contributed by atoms with Gasteiger partial charge < -0.3 is 10.1 Å². The quantitative estimate of drug-likeness (QED) is 0.890. The minimum atomic E-state index is 0.523. The molecule has 2 atom stereocenters. The lowest BCUT2D eigenvalue weighted by Crippen LogP contribution is -2.27. The number of fused-ring (bicyclic) bond motifs is 1. The Morgan fingerprint density at radius 1 is 1.37 bits per heavy atom. The van der Waals surface area contributed by atoms with Crippen LogP contribution in [0.5, 0.6) is 5.75 Å². The van der Waals surface area contributed by atoms with Crippen LogP contribution in [-0.2, 0) is 6.42 Å². The van der Waals surface area contributed by atoms with E-state index in [1.54, 1.807) is 7.11 Å². The van der Waals surface area contributed by atoms with Crippen LogP contribution in [-0.4, -0.2) is 13.7 Å². The van der Waals surface area contributed by atoms with E-state index in [-0.39, 0.29) is 0 Å². The molecular weight excluding hydrogens is 234 g/mol. The highest BCUT2D eigenvalue weighted by Crippen LogP contribution is 2.51. The molecule has 0 radical (unpaired) electrons. The van der Waals surface area contributed by atoms with Crippen LogP contribution in [0.4, 0.5) is 0 Å². The van der Waals surface area contributed by atoms with Crippen LogP contribution in [0.1, 0.15) is 50.3 Å². The average Bonchev–Trinajstić information content (AvgIpc) is 3.03. The number of ether oxygens (including phenoxy) is 1. The normalized spacial score (nSPS) is 27.7. The van der Waals surface area contributed by atoms with Crippen molar-refractivity contribution >= 4 is 0 Å². The molecule has 1 N–H and O–H groups in total. The highest BCUT2D eigenvalue weighted by Gasteiger charge is 2.45. The van der Waals surface area contributed by atoms with Crippen molar-refractivity contribution in [1.82, 2.24) is 5.32 Å². The Bertz CT molecular complexity index is 466. The van der Waals surface area contributed by atoms with Crippen LogP contribution >= 0.6 is 0 Å². The molecule has 0 aliphatic heterocycles. The van der Waals surface area contributed by atoms with E-state index in [1.807, 2.05) is 0 Å². The highest BCUT2D eigenvalue weighted by atomic mass is 16.5. The summed E-state index contributed by atoms with van der Waals surface area (Å²) in [6.07, 6.45) is 5.14. The molecule has 2 aliphatic rings. The SMILES string of the molecule is COc1ccc2c(c1)C(NCC1CC1(C)C)CCC2. The third-order valence-electron chi connectivity index (χ3n) is 5.00. The summed E-state index contributed by atoms with van der Waals surface area (Å²) in [4.78, 5) is 0. The van der Waals surface area contributed by atoms with Gasteiger partial charge in [0.2, 0.25) is 0 Å². The van der Waals surface area contributed by atoms with E-state index in [2.05, 4.69) is 37.4 Å². The fourth-order valence-electron chi connectivity index (χ4n) is 3.33. The van der Waals surface area contributed by atoms with Gasteiger partial charge in [0.1, 0.15) is 5.75 Å². The lowest BCUT2D eigenvalue weighted by atomic mass is 9.87. The molecule has 1 saturated carbocycles. The standard InChI is InChI=1S/C17H25NO/c1-17(2)10-13(17)11-18-16-6-4-5-12-7-8-14(19-3)9-15(12)16/h7-9,13,16,18H,4-6,10-11H2,1-3H3. The van der Waals surface area contributed by atoms with Crippen molar-refractivity contribution in [1.29, 1.82) is 0 Å². The van der Waals surface area contributed by atoms with Gasteiger partial charge in [0, 0.05) is 6.04 Å². The van der Waals surface area contributed by atoms with E-state index in [9.17, 15) is 0 Å². The van der Waals surface area contributed by atoms with Gasteiger partial charge in [-0.2, -0.15) is 0 Å². The number of aryl methyl sites for hydroxylation is 1. The van der Waals surface area contributed by atoms with Gasteiger partial charge in [-0.05, 0) is 66.8 Å². The molecule has 2 nitrogen and oxygen atoms in total. The molecule has 1 aromatic carbocycles. The van der Waals surface area contributed by atoms with Crippen LogP contribution in [0.25, 0.3) is 0 Å². The van der Waals surface area contributed by atoms with Gasteiger partial charge in [-0.15, -0.1) is 0 Å². The molecule has 1 fully saturated rings. The topological polar surface area (TPSA) is 21.3 Å². The Kier molecular flexibility index (Phi) is 3.30. The number of rotatable bonds is 4. The van der Waals surface area contributed by atoms with Crippen molar-refractivity contribution in [3.8, 4) is 5.75 Å². The fraction of sp³-hybridized carbons (Fsp3) is 0.647. The summed E-state index contributed by atoms with van der Waals surface area (Å²) in [5.74, 6) is 1.85. The molecule has 19 heavy (non-hydrogen) atoms. The van der Waals surface area contributed by atoms with Gasteiger partial charge >= 0.3 is 0 Å². The summed E-state index contributed by atoms with van der Waals surface area (Å²) in [6, 6.07) is 7.08. The minimum absolute atomic E-state index is 0.523. The molecule has 2 aliphatic carbocycles. The van der Waals surface area contributed by atoms with Crippen LogP contribution in [0.3, 0.4) is 0 Å². The summed E-state index contributed by atoms with van der Waals surface area (Å²) >= 11 is 0. The van der Waals surface area contributed by atoms with E-state index in [0.29, 0.717) is 11.5 Å². The Morgan fingerprint density at radius 2 is 2.16 bits per heavy atom. The van der Waals surface area contributed by atoms with Gasteiger partial charge in [0.05, 0.1) is 7.11 Å². The number of nitrogens with one attached hydrogen (secondary N) is 1. The van der Waals surface area contributed by atoms with Gasteiger partial charge in [0.15, 0.2) is 0 Å². The summed E-state index contributed by atoms with van der Waals surface area (Å²) in [6.45, 7) is 5.91. The van der Waals surface area contributed by atoms with Crippen molar-refractivity contribution < 1.29 is 4.74 Å². The third kappa shape index (κ3) is 2.64. The number of benzene rings is 1. The van der Waals surface area contributed by atoms with E-state index < -0.39 is 0 Å². The van der Waals surface area contributed by atoms with Crippen molar-refractivity contribution in [2.24, 2.45) is 11.3 Å². The van der Waals surface area contributed by atoms with Crippen LogP contribution in [0.2, 0.25) is 0 Å². The lowest BCUT2D eigenvalue weighted by molar-refractivity contribution is 0.404. The average molecular weight is 259 g/mol. The van der Waals surface area contributed by atoms with Gasteiger partial charge in [-0.25, -0.2) is 0 Å². The number of methoxy groups -OCH3 is 1. The predicted octanol–water partition coefficient (Wildman–Crippen LogP) is 3.71. The third-order valence-corrected chi connectivity index (χ3v) is 5.00. The second-order valence-electron chi connectivity index (χ2n) is 6.81. The molecule has 0 aromatic heterocycles. The molecular formula is C17H25NO. The van der Waals surface area contributed by atoms with Crippen LogP contribution in [0.15, 0.2) is 18.2 Å². The molecule has 2 unspecified atom stereocenters. The number of hydrogen-bond donors (Lipinski definition) is 1. The van der Waals surface area contributed by atoms with Crippen LogP contribution < -0.4 is 10.1 Å². The Hall–Kier alpha value is -1.02. The van der Waals surface area contributed by atoms with E-state index in [1.165, 1.54) is 36.8 Å². The summed E-state index contributed by atoms with van der Waals surface area (Å²) < 4.78 is 5.37. The number of hydrogen-bond acceptors (Lipinski definition) is 2. The second kappa shape index (κ2) is 4.82. The molecule has 0 bridgehead atoms. The summed E-state index contributed by atoms with van der Waals surface area (Å²) in [5.41, 5.74) is 3.53. The smallest absolute Gasteiger partial charge is 0.119 e. The van der Waals surface area contributed by atoms with Crippen molar-refractivity contribution in [2.75, 3.05) is 13.7 Å². The van der Waals surface area contributed by atoms with Crippen molar-refractivity contribution in [3.05, 3.63) is 29.3 Å². The minimum Gasteiger partial charge on any atom is -0.497 e. The first-order valence-electron chi connectivity index (χ1n) is 7.50. The second-order valence-corrected chi connectivity index (χ2v) is 6.81. The molecule has 104 valence electrons. The maximum absolute atomic E-state index is 5.37.